The van der Waals surface area contributed by atoms with E-state index in [1.165, 1.54) is 0 Å². The molecule has 0 aliphatic carbocycles. The lowest BCUT2D eigenvalue weighted by Crippen LogP contribution is -2.21. The molecule has 0 atom stereocenters. The molecule has 1 rings (SSSR count). The molecule has 0 aromatic carbocycles. The third kappa shape index (κ3) is 3.03. The molecule has 3 nitrogen and oxygen atoms in total. The molecule has 15 heavy (non-hydrogen) atoms. The van der Waals surface area contributed by atoms with Gasteiger partial charge < -0.3 is 4.57 Å². The molecule has 0 amide bonds. The molecule has 86 valence electrons. The van der Waals surface area contributed by atoms with Crippen molar-refractivity contribution in [2.75, 3.05) is 0 Å². The van der Waals surface area contributed by atoms with Gasteiger partial charge in [-0.1, -0.05) is 50.5 Å². The molecule has 0 aliphatic rings. The fraction of sp³-hybridized carbons (Fsp3) is 0.818. The van der Waals surface area contributed by atoms with E-state index in [2.05, 4.69) is 65.3 Å². The Labute approximate surface area is 100 Å². The molecule has 0 unspecified atom stereocenters. The van der Waals surface area contributed by atoms with Crippen LogP contribution < -0.4 is 0 Å². The molecule has 1 heterocycles. The third-order valence-corrected chi connectivity index (χ3v) is 2.67. The van der Waals surface area contributed by atoms with E-state index in [4.69, 9.17) is 0 Å². The van der Waals surface area contributed by atoms with Crippen LogP contribution in [-0.2, 0) is 17.3 Å². The van der Waals surface area contributed by atoms with E-state index in [-0.39, 0.29) is 5.41 Å². The Hall–Kier alpha value is -0.380. The van der Waals surface area contributed by atoms with Gasteiger partial charge in [-0.25, -0.2) is 0 Å². The number of nitrogens with zero attached hydrogens (tertiary/aromatic N) is 3. The quantitative estimate of drug-likeness (QED) is 0.793. The minimum atomic E-state index is 0.0578. The van der Waals surface area contributed by atoms with E-state index in [0.29, 0.717) is 5.92 Å². The first-order valence-electron chi connectivity index (χ1n) is 5.34. The van der Waals surface area contributed by atoms with E-state index >= 15 is 0 Å². The van der Waals surface area contributed by atoms with Crippen LogP contribution in [0.1, 0.15) is 46.3 Å². The summed E-state index contributed by atoms with van der Waals surface area (Å²) in [6.45, 7) is 11.9. The number of halogens is 1. The molecule has 1 aromatic rings. The predicted octanol–water partition coefficient (Wildman–Crippen LogP) is 3.13. The molecule has 0 bridgehead atoms. The molecular weight excluding hydrogens is 254 g/mol. The van der Waals surface area contributed by atoms with Gasteiger partial charge in [0.05, 0.1) is 5.33 Å². The van der Waals surface area contributed by atoms with Crippen LogP contribution in [-0.4, -0.2) is 14.8 Å². The normalized spacial score (nSPS) is 12.5. The van der Waals surface area contributed by atoms with Crippen LogP contribution in [0, 0.1) is 5.92 Å². The van der Waals surface area contributed by atoms with Crippen molar-refractivity contribution in [3.63, 3.8) is 0 Å². The zero-order valence-electron chi connectivity index (χ0n) is 10.2. The Kier molecular flexibility index (Phi) is 3.93. The molecule has 0 saturated carbocycles. The topological polar surface area (TPSA) is 30.7 Å². The zero-order chi connectivity index (χ0) is 11.6. The summed E-state index contributed by atoms with van der Waals surface area (Å²) < 4.78 is 2.24. The van der Waals surface area contributed by atoms with Crippen molar-refractivity contribution in [2.24, 2.45) is 5.92 Å². The lowest BCUT2D eigenvalue weighted by atomic mass is 9.95. The van der Waals surface area contributed by atoms with Gasteiger partial charge in [0.25, 0.3) is 0 Å². The van der Waals surface area contributed by atoms with E-state index < -0.39 is 0 Å². The molecule has 1 aromatic heterocycles. The Morgan fingerprint density at radius 1 is 1.27 bits per heavy atom. The molecular formula is C11H20BrN3. The molecule has 0 fully saturated rings. The van der Waals surface area contributed by atoms with Gasteiger partial charge in [-0.2, -0.15) is 0 Å². The van der Waals surface area contributed by atoms with Crippen LogP contribution in [0.2, 0.25) is 0 Å². The van der Waals surface area contributed by atoms with Crippen LogP contribution in [0.5, 0.6) is 0 Å². The molecule has 0 aliphatic heterocycles. The van der Waals surface area contributed by atoms with Gasteiger partial charge in [-0.15, -0.1) is 10.2 Å². The van der Waals surface area contributed by atoms with Gasteiger partial charge in [0.2, 0.25) is 0 Å². The minimum absolute atomic E-state index is 0.0578. The van der Waals surface area contributed by atoms with E-state index in [9.17, 15) is 0 Å². The van der Waals surface area contributed by atoms with Crippen LogP contribution >= 0.6 is 15.9 Å². The smallest absolute Gasteiger partial charge is 0.143 e. The zero-order valence-corrected chi connectivity index (χ0v) is 11.8. The standard InChI is InChI=1S/C11H20BrN3/c1-8(2)7-15-9(6-12)13-14-10(15)11(3,4)5/h8H,6-7H2,1-5H3. The van der Waals surface area contributed by atoms with Crippen LogP contribution in [0.25, 0.3) is 0 Å². The third-order valence-electron chi connectivity index (χ3n) is 2.17. The first-order chi connectivity index (χ1) is 6.86. The molecule has 0 spiro atoms. The van der Waals surface area contributed by atoms with Gasteiger partial charge >= 0.3 is 0 Å². The fourth-order valence-electron chi connectivity index (χ4n) is 1.55. The first kappa shape index (κ1) is 12.7. The SMILES string of the molecule is CC(C)Cn1c(CBr)nnc1C(C)(C)C. The minimum Gasteiger partial charge on any atom is -0.314 e. The highest BCUT2D eigenvalue weighted by Crippen LogP contribution is 2.22. The lowest BCUT2D eigenvalue weighted by molar-refractivity contribution is 0.445. The Balaban J connectivity index is 3.11. The second-order valence-electron chi connectivity index (χ2n) is 5.33. The maximum atomic E-state index is 4.29. The molecule has 0 N–H and O–H groups in total. The van der Waals surface area contributed by atoms with Gasteiger partial charge in [0, 0.05) is 12.0 Å². The average Bonchev–Trinajstić information content (AvgIpc) is 2.45. The average molecular weight is 274 g/mol. The van der Waals surface area contributed by atoms with Crippen LogP contribution in [0.3, 0.4) is 0 Å². The summed E-state index contributed by atoms with van der Waals surface area (Å²) in [7, 11) is 0. The second kappa shape index (κ2) is 4.64. The maximum absolute atomic E-state index is 4.29. The van der Waals surface area contributed by atoms with Gasteiger partial charge in [0.15, 0.2) is 0 Å². The summed E-state index contributed by atoms with van der Waals surface area (Å²) in [5, 5.41) is 9.28. The fourth-order valence-corrected chi connectivity index (χ4v) is 1.96. The lowest BCUT2D eigenvalue weighted by Gasteiger charge is -2.20. The van der Waals surface area contributed by atoms with Crippen molar-refractivity contribution in [1.82, 2.24) is 14.8 Å². The van der Waals surface area contributed by atoms with E-state index in [1.54, 1.807) is 0 Å². The maximum Gasteiger partial charge on any atom is 0.143 e. The van der Waals surface area contributed by atoms with Crippen molar-refractivity contribution in [3.05, 3.63) is 11.6 Å². The molecule has 0 radical (unpaired) electrons. The Morgan fingerprint density at radius 2 is 1.87 bits per heavy atom. The highest BCUT2D eigenvalue weighted by atomic mass is 79.9. The van der Waals surface area contributed by atoms with Crippen molar-refractivity contribution in [1.29, 1.82) is 0 Å². The van der Waals surface area contributed by atoms with Crippen LogP contribution in [0.15, 0.2) is 0 Å². The number of hydrogen-bond donors (Lipinski definition) is 0. The first-order valence-corrected chi connectivity index (χ1v) is 6.47. The van der Waals surface area contributed by atoms with Crippen molar-refractivity contribution < 1.29 is 0 Å². The largest absolute Gasteiger partial charge is 0.314 e. The summed E-state index contributed by atoms with van der Waals surface area (Å²) in [6.07, 6.45) is 0. The predicted molar refractivity (Wildman–Crippen MR) is 66.2 cm³/mol. The van der Waals surface area contributed by atoms with Crippen molar-refractivity contribution >= 4 is 15.9 Å². The monoisotopic (exact) mass is 273 g/mol. The van der Waals surface area contributed by atoms with Crippen LogP contribution in [0.4, 0.5) is 0 Å². The second-order valence-corrected chi connectivity index (χ2v) is 5.89. The highest BCUT2D eigenvalue weighted by Gasteiger charge is 2.23. The molecule has 0 saturated heterocycles. The number of hydrogen-bond acceptors (Lipinski definition) is 2. The Bertz CT molecular complexity index is 323. The highest BCUT2D eigenvalue weighted by molar-refractivity contribution is 9.08. The summed E-state index contributed by atoms with van der Waals surface area (Å²) >= 11 is 3.46. The van der Waals surface area contributed by atoms with Gasteiger partial charge in [-0.3, -0.25) is 0 Å². The van der Waals surface area contributed by atoms with Gasteiger partial charge in [0.1, 0.15) is 11.6 Å². The summed E-state index contributed by atoms with van der Waals surface area (Å²) in [6, 6.07) is 0. The summed E-state index contributed by atoms with van der Waals surface area (Å²) in [5.41, 5.74) is 0.0578. The number of alkyl halides is 1. The van der Waals surface area contributed by atoms with E-state index in [1.807, 2.05) is 0 Å². The van der Waals surface area contributed by atoms with Gasteiger partial charge in [-0.05, 0) is 5.92 Å². The number of aromatic nitrogens is 3. The molecule has 4 heteroatoms. The van der Waals surface area contributed by atoms with Crippen molar-refractivity contribution in [3.8, 4) is 0 Å². The number of rotatable bonds is 3. The summed E-state index contributed by atoms with van der Waals surface area (Å²) in [4.78, 5) is 0. The Morgan fingerprint density at radius 3 is 2.27 bits per heavy atom. The van der Waals surface area contributed by atoms with Crippen molar-refractivity contribution in [2.45, 2.75) is 51.9 Å². The summed E-state index contributed by atoms with van der Waals surface area (Å²) in [5.74, 6) is 2.71. The van der Waals surface area contributed by atoms with E-state index in [0.717, 1.165) is 23.5 Å².